The Balaban J connectivity index is 2.20. The SMILES string of the molecule is C=C(NCc1ccc(Cl)cc1)OCCCCCC=N/C(C(=C)C)=C(\C)N=C(C)Cl. The lowest BCUT2D eigenvalue weighted by Gasteiger charge is -2.11. The molecule has 1 N–H and O–H groups in total. The van der Waals surface area contributed by atoms with Crippen LogP contribution in [0, 0.1) is 0 Å². The van der Waals surface area contributed by atoms with Crippen molar-refractivity contribution in [2.45, 2.75) is 53.0 Å². The Kier molecular flexibility index (Phi) is 12.1. The van der Waals surface area contributed by atoms with Crippen molar-refractivity contribution in [1.29, 1.82) is 0 Å². The molecule has 0 atom stereocenters. The summed E-state index contributed by atoms with van der Waals surface area (Å²) in [7, 11) is 0. The van der Waals surface area contributed by atoms with Crippen LogP contribution in [0.5, 0.6) is 0 Å². The van der Waals surface area contributed by atoms with Crippen LogP contribution in [0.25, 0.3) is 0 Å². The molecule has 0 unspecified atom stereocenters. The van der Waals surface area contributed by atoms with Crippen LogP contribution >= 0.6 is 23.2 Å². The largest absolute Gasteiger partial charge is 0.480 e. The number of allylic oxidation sites excluding steroid dienone is 2. The lowest BCUT2D eigenvalue weighted by Crippen LogP contribution is -2.14. The van der Waals surface area contributed by atoms with Crippen LogP contribution in [-0.4, -0.2) is 18.0 Å². The Morgan fingerprint density at radius 2 is 1.79 bits per heavy atom. The quantitative estimate of drug-likeness (QED) is 0.156. The summed E-state index contributed by atoms with van der Waals surface area (Å²) < 4.78 is 5.62. The van der Waals surface area contributed by atoms with Gasteiger partial charge in [0.15, 0.2) is 5.88 Å². The number of hydrogen-bond acceptors (Lipinski definition) is 4. The van der Waals surface area contributed by atoms with Crippen molar-refractivity contribution in [2.24, 2.45) is 9.98 Å². The Labute approximate surface area is 185 Å². The first-order valence-electron chi connectivity index (χ1n) is 9.69. The highest BCUT2D eigenvalue weighted by Crippen LogP contribution is 2.16. The molecule has 0 spiro atoms. The molecule has 0 fully saturated rings. The van der Waals surface area contributed by atoms with Gasteiger partial charge in [-0.3, -0.25) is 4.99 Å². The van der Waals surface area contributed by atoms with E-state index in [9.17, 15) is 0 Å². The van der Waals surface area contributed by atoms with Crippen molar-refractivity contribution < 1.29 is 4.74 Å². The second kappa shape index (κ2) is 14.0. The fraction of sp³-hybridized carbons (Fsp3) is 0.391. The molecule has 1 rings (SSSR count). The van der Waals surface area contributed by atoms with Crippen molar-refractivity contribution in [3.63, 3.8) is 0 Å². The van der Waals surface area contributed by atoms with E-state index < -0.39 is 0 Å². The zero-order valence-electron chi connectivity index (χ0n) is 17.6. The van der Waals surface area contributed by atoms with Gasteiger partial charge in [-0.15, -0.1) is 0 Å². The fourth-order valence-electron chi connectivity index (χ4n) is 2.52. The van der Waals surface area contributed by atoms with Gasteiger partial charge in [0.2, 0.25) is 0 Å². The van der Waals surface area contributed by atoms with Crippen LogP contribution in [0.4, 0.5) is 0 Å². The van der Waals surface area contributed by atoms with Gasteiger partial charge < -0.3 is 10.1 Å². The van der Waals surface area contributed by atoms with Crippen molar-refractivity contribution in [1.82, 2.24) is 5.32 Å². The predicted octanol–water partition coefficient (Wildman–Crippen LogP) is 7.01. The molecule has 0 aliphatic carbocycles. The summed E-state index contributed by atoms with van der Waals surface area (Å²) >= 11 is 11.7. The third-order valence-corrected chi connectivity index (χ3v) is 4.28. The zero-order chi connectivity index (χ0) is 21.6. The molecule has 0 bridgehead atoms. The molecule has 0 aromatic heterocycles. The van der Waals surface area contributed by atoms with E-state index in [0.29, 0.717) is 24.2 Å². The van der Waals surface area contributed by atoms with E-state index in [-0.39, 0.29) is 0 Å². The molecule has 0 radical (unpaired) electrons. The summed E-state index contributed by atoms with van der Waals surface area (Å²) in [6.07, 6.45) is 5.87. The number of unbranched alkanes of at least 4 members (excludes halogenated alkanes) is 3. The molecule has 4 nitrogen and oxygen atoms in total. The van der Waals surface area contributed by atoms with E-state index in [1.807, 2.05) is 44.3 Å². The summed E-state index contributed by atoms with van der Waals surface area (Å²) in [5.74, 6) is 0.586. The first-order chi connectivity index (χ1) is 13.8. The van der Waals surface area contributed by atoms with Gasteiger partial charge in [0.1, 0.15) is 5.17 Å². The number of ether oxygens (including phenoxy) is 1. The van der Waals surface area contributed by atoms with Crippen LogP contribution in [0.3, 0.4) is 0 Å². The summed E-state index contributed by atoms with van der Waals surface area (Å²) in [5, 5.41) is 4.38. The van der Waals surface area contributed by atoms with Crippen molar-refractivity contribution in [3.8, 4) is 0 Å². The first-order valence-corrected chi connectivity index (χ1v) is 10.4. The molecular formula is C23H31Cl2N3O. The predicted molar refractivity (Wildman–Crippen MR) is 127 cm³/mol. The van der Waals surface area contributed by atoms with E-state index in [0.717, 1.165) is 53.2 Å². The van der Waals surface area contributed by atoms with Crippen LogP contribution in [0.15, 0.2) is 70.3 Å². The fourth-order valence-corrected chi connectivity index (χ4v) is 2.77. The van der Waals surface area contributed by atoms with E-state index in [4.69, 9.17) is 27.9 Å². The molecule has 0 saturated heterocycles. The number of nitrogens with zero attached hydrogens (tertiary/aromatic N) is 2. The molecule has 29 heavy (non-hydrogen) atoms. The second-order valence-electron chi connectivity index (χ2n) is 6.74. The van der Waals surface area contributed by atoms with Gasteiger partial charge in [-0.25, -0.2) is 4.99 Å². The third kappa shape index (κ3) is 11.5. The minimum absolute atomic E-state index is 0.487. The summed E-state index contributed by atoms with van der Waals surface area (Å²) in [5.41, 5.74) is 3.57. The van der Waals surface area contributed by atoms with Crippen LogP contribution in [0.2, 0.25) is 5.02 Å². The monoisotopic (exact) mass is 435 g/mol. The molecule has 158 valence electrons. The van der Waals surface area contributed by atoms with Crippen LogP contribution in [-0.2, 0) is 11.3 Å². The van der Waals surface area contributed by atoms with Gasteiger partial charge in [-0.2, -0.15) is 0 Å². The van der Waals surface area contributed by atoms with E-state index in [2.05, 4.69) is 28.5 Å². The maximum Gasteiger partial charge on any atom is 0.179 e. The molecule has 0 saturated carbocycles. The lowest BCUT2D eigenvalue weighted by molar-refractivity contribution is 0.185. The third-order valence-electron chi connectivity index (χ3n) is 3.95. The van der Waals surface area contributed by atoms with E-state index in [1.54, 1.807) is 6.92 Å². The first kappa shape index (κ1) is 25.0. The van der Waals surface area contributed by atoms with Gasteiger partial charge in [-0.1, -0.05) is 41.9 Å². The zero-order valence-corrected chi connectivity index (χ0v) is 19.1. The standard InChI is InChI=1S/C23H31Cl2N3O/c1-17(2)23(18(3)28-19(4)24)26-14-8-6-7-9-15-29-20(5)27-16-21-10-12-22(25)13-11-21/h10-14,27H,1,5-9,15-16H2,2-4H3/b23-18+,26-14?,28-19?. The Bertz CT molecular complexity index is 761. The van der Waals surface area contributed by atoms with Crippen molar-refractivity contribution in [2.75, 3.05) is 6.61 Å². The number of nitrogens with one attached hydrogen (secondary N) is 1. The maximum atomic E-state index is 5.88. The molecule has 0 heterocycles. The Hall–Kier alpha value is -2.04. The van der Waals surface area contributed by atoms with E-state index >= 15 is 0 Å². The lowest BCUT2D eigenvalue weighted by atomic mass is 10.2. The van der Waals surface area contributed by atoms with Gasteiger partial charge in [0.25, 0.3) is 0 Å². The average molecular weight is 436 g/mol. The molecular weight excluding hydrogens is 405 g/mol. The van der Waals surface area contributed by atoms with Crippen LogP contribution < -0.4 is 5.32 Å². The number of rotatable bonds is 13. The van der Waals surface area contributed by atoms with Crippen molar-refractivity contribution in [3.05, 3.63) is 70.9 Å². The van der Waals surface area contributed by atoms with Gasteiger partial charge in [0, 0.05) is 17.8 Å². The van der Waals surface area contributed by atoms with Gasteiger partial charge >= 0.3 is 0 Å². The summed E-state index contributed by atoms with van der Waals surface area (Å²) in [6, 6.07) is 7.69. The van der Waals surface area contributed by atoms with Crippen LogP contribution in [0.1, 0.15) is 52.0 Å². The molecule has 1 aromatic rings. The molecule has 6 heteroatoms. The van der Waals surface area contributed by atoms with Gasteiger partial charge in [0.05, 0.1) is 18.0 Å². The number of benzene rings is 1. The highest BCUT2D eigenvalue weighted by atomic mass is 35.5. The Morgan fingerprint density at radius 3 is 2.41 bits per heavy atom. The highest BCUT2D eigenvalue weighted by molar-refractivity contribution is 6.64. The minimum Gasteiger partial charge on any atom is -0.480 e. The Morgan fingerprint density at radius 1 is 1.10 bits per heavy atom. The molecule has 0 aliphatic heterocycles. The smallest absolute Gasteiger partial charge is 0.179 e. The number of aliphatic imine (C=N–C) groups is 2. The maximum absolute atomic E-state index is 5.88. The summed E-state index contributed by atoms with van der Waals surface area (Å²) in [6.45, 7) is 14.7. The molecule has 1 aromatic carbocycles. The average Bonchev–Trinajstić information content (AvgIpc) is 2.65. The van der Waals surface area contributed by atoms with E-state index in [1.165, 1.54) is 0 Å². The van der Waals surface area contributed by atoms with Gasteiger partial charge in [-0.05, 0) is 76.3 Å². The highest BCUT2D eigenvalue weighted by Gasteiger charge is 2.01. The summed E-state index contributed by atoms with van der Waals surface area (Å²) in [4.78, 5) is 8.75. The molecule has 0 aliphatic rings. The molecule has 0 amide bonds. The second-order valence-corrected chi connectivity index (χ2v) is 7.72. The van der Waals surface area contributed by atoms with Crippen molar-refractivity contribution >= 4 is 34.6 Å². The minimum atomic E-state index is 0.487. The topological polar surface area (TPSA) is 46.0 Å². The number of hydrogen-bond donors (Lipinski definition) is 1. The normalized spacial score (nSPS) is 12.7. The number of halogens is 2.